The van der Waals surface area contributed by atoms with Gasteiger partial charge in [-0.25, -0.2) is 4.39 Å². The largest absolute Gasteiger partial charge is 0.421 e. The fourth-order valence-corrected chi connectivity index (χ4v) is 1.88. The summed E-state index contributed by atoms with van der Waals surface area (Å²) in [5, 5.41) is 7.58. The summed E-state index contributed by atoms with van der Waals surface area (Å²) in [6.45, 7) is 3.86. The van der Waals surface area contributed by atoms with Crippen LogP contribution in [0.1, 0.15) is 37.6 Å². The summed E-state index contributed by atoms with van der Waals surface area (Å²) >= 11 is 0. The third kappa shape index (κ3) is 2.94. The second-order valence-electron chi connectivity index (χ2n) is 4.40. The lowest BCUT2D eigenvalue weighted by Crippen LogP contribution is -1.90. The second kappa shape index (κ2) is 5.76. The van der Waals surface area contributed by atoms with E-state index in [0.717, 1.165) is 18.4 Å². The average molecular weight is 248 g/mol. The van der Waals surface area contributed by atoms with Crippen LogP contribution in [0.4, 0.5) is 4.39 Å². The maximum atomic E-state index is 13.7. The Kier molecular flexibility index (Phi) is 4.07. The molecule has 1 aromatic carbocycles. The summed E-state index contributed by atoms with van der Waals surface area (Å²) in [5.41, 5.74) is 1.50. The monoisotopic (exact) mass is 248 g/mol. The average Bonchev–Trinajstić information content (AvgIpc) is 2.78. The molecule has 2 aromatic rings. The van der Waals surface area contributed by atoms with Crippen LogP contribution in [0.15, 0.2) is 22.6 Å². The van der Waals surface area contributed by atoms with Crippen molar-refractivity contribution in [2.45, 2.75) is 39.5 Å². The van der Waals surface area contributed by atoms with Gasteiger partial charge >= 0.3 is 0 Å². The molecular weight excluding hydrogens is 231 g/mol. The van der Waals surface area contributed by atoms with E-state index in [1.807, 2.05) is 6.07 Å². The van der Waals surface area contributed by atoms with Crippen molar-refractivity contribution in [1.29, 1.82) is 0 Å². The molecule has 0 saturated carbocycles. The van der Waals surface area contributed by atoms with Crippen LogP contribution in [0.3, 0.4) is 0 Å². The molecule has 0 N–H and O–H groups in total. The lowest BCUT2D eigenvalue weighted by Gasteiger charge is -2.03. The van der Waals surface area contributed by atoms with E-state index in [1.54, 1.807) is 13.0 Å². The first-order valence-corrected chi connectivity index (χ1v) is 6.29. The molecule has 0 aliphatic heterocycles. The molecule has 0 aliphatic rings. The molecule has 0 bridgehead atoms. The van der Waals surface area contributed by atoms with Crippen molar-refractivity contribution in [3.63, 3.8) is 0 Å². The first-order valence-electron chi connectivity index (χ1n) is 6.29. The topological polar surface area (TPSA) is 38.9 Å². The molecule has 18 heavy (non-hydrogen) atoms. The van der Waals surface area contributed by atoms with Gasteiger partial charge in [-0.05, 0) is 30.5 Å². The number of benzene rings is 1. The predicted octanol–water partition coefficient (Wildman–Crippen LogP) is 3.92. The van der Waals surface area contributed by atoms with Crippen molar-refractivity contribution in [3.05, 3.63) is 35.5 Å². The highest BCUT2D eigenvalue weighted by molar-refractivity contribution is 5.55. The van der Waals surface area contributed by atoms with Gasteiger partial charge in [0.15, 0.2) is 0 Å². The van der Waals surface area contributed by atoms with Crippen LogP contribution in [0.2, 0.25) is 0 Å². The van der Waals surface area contributed by atoms with Crippen LogP contribution in [0.25, 0.3) is 11.5 Å². The lowest BCUT2D eigenvalue weighted by molar-refractivity contribution is 0.526. The zero-order valence-corrected chi connectivity index (χ0v) is 10.7. The van der Waals surface area contributed by atoms with Crippen LogP contribution in [-0.4, -0.2) is 10.2 Å². The van der Waals surface area contributed by atoms with Gasteiger partial charge < -0.3 is 4.42 Å². The quantitative estimate of drug-likeness (QED) is 0.753. The first kappa shape index (κ1) is 12.7. The normalized spacial score (nSPS) is 10.8. The van der Waals surface area contributed by atoms with Crippen molar-refractivity contribution >= 4 is 0 Å². The van der Waals surface area contributed by atoms with Crippen molar-refractivity contribution in [3.8, 4) is 11.5 Å². The summed E-state index contributed by atoms with van der Waals surface area (Å²) in [6, 6.07) is 5.09. The first-order chi connectivity index (χ1) is 8.70. The van der Waals surface area contributed by atoms with E-state index in [0.29, 0.717) is 11.5 Å². The van der Waals surface area contributed by atoms with Crippen LogP contribution in [0.5, 0.6) is 0 Å². The smallest absolute Gasteiger partial charge is 0.250 e. The van der Waals surface area contributed by atoms with Crippen LogP contribution in [0, 0.1) is 12.7 Å². The third-order valence-corrected chi connectivity index (χ3v) is 2.86. The molecule has 96 valence electrons. The fourth-order valence-electron chi connectivity index (χ4n) is 1.88. The van der Waals surface area contributed by atoms with Crippen LogP contribution < -0.4 is 0 Å². The van der Waals surface area contributed by atoms with E-state index >= 15 is 0 Å². The number of aryl methyl sites for hydroxylation is 2. The minimum Gasteiger partial charge on any atom is -0.421 e. The lowest BCUT2D eigenvalue weighted by atomic mass is 10.0. The number of halogens is 1. The highest BCUT2D eigenvalue weighted by Gasteiger charge is 2.12. The summed E-state index contributed by atoms with van der Waals surface area (Å²) in [7, 11) is 0. The molecule has 1 heterocycles. The Hall–Kier alpha value is -1.71. The van der Waals surface area contributed by atoms with E-state index in [-0.39, 0.29) is 11.7 Å². The van der Waals surface area contributed by atoms with E-state index in [9.17, 15) is 4.39 Å². The fraction of sp³-hybridized carbons (Fsp3) is 0.429. The molecule has 3 nitrogen and oxygen atoms in total. The number of nitrogens with zero attached hydrogens (tertiary/aromatic N) is 2. The van der Waals surface area contributed by atoms with Crippen molar-refractivity contribution in [2.24, 2.45) is 0 Å². The number of rotatable bonds is 5. The molecule has 0 radical (unpaired) electrons. The number of aromatic nitrogens is 2. The molecule has 0 amide bonds. The Morgan fingerprint density at radius 2 is 2.06 bits per heavy atom. The molecule has 0 aliphatic carbocycles. The zero-order valence-electron chi connectivity index (χ0n) is 10.7. The van der Waals surface area contributed by atoms with Gasteiger partial charge in [0.25, 0.3) is 5.89 Å². The SMILES string of the molecule is CCCCCc1ccc(F)c(-c2nnc(C)o2)c1. The number of hydrogen-bond acceptors (Lipinski definition) is 3. The Balaban J connectivity index is 2.21. The molecule has 0 unspecified atom stereocenters. The van der Waals surface area contributed by atoms with Crippen molar-refractivity contribution in [1.82, 2.24) is 10.2 Å². The standard InChI is InChI=1S/C14H17FN2O/c1-3-4-5-6-11-7-8-13(15)12(9-11)14-17-16-10(2)18-14/h7-9H,3-6H2,1-2H3. The molecule has 2 rings (SSSR count). The Bertz CT molecular complexity index is 522. The van der Waals surface area contributed by atoms with E-state index in [1.165, 1.54) is 18.9 Å². The molecule has 0 fully saturated rings. The van der Waals surface area contributed by atoms with Gasteiger partial charge in [0, 0.05) is 6.92 Å². The Morgan fingerprint density at radius 1 is 1.22 bits per heavy atom. The maximum absolute atomic E-state index is 13.7. The summed E-state index contributed by atoms with van der Waals surface area (Å²) < 4.78 is 19.0. The molecule has 0 atom stereocenters. The molecular formula is C14H17FN2O. The second-order valence-corrected chi connectivity index (χ2v) is 4.40. The van der Waals surface area contributed by atoms with Gasteiger partial charge in [-0.15, -0.1) is 10.2 Å². The zero-order chi connectivity index (χ0) is 13.0. The van der Waals surface area contributed by atoms with E-state index in [2.05, 4.69) is 17.1 Å². The van der Waals surface area contributed by atoms with E-state index < -0.39 is 0 Å². The highest BCUT2D eigenvalue weighted by Crippen LogP contribution is 2.23. The van der Waals surface area contributed by atoms with E-state index in [4.69, 9.17) is 4.42 Å². The van der Waals surface area contributed by atoms with Gasteiger partial charge in [-0.3, -0.25) is 0 Å². The van der Waals surface area contributed by atoms with Gasteiger partial charge in [-0.2, -0.15) is 0 Å². The molecule has 1 aromatic heterocycles. The van der Waals surface area contributed by atoms with Gasteiger partial charge in [0.05, 0.1) is 5.56 Å². The summed E-state index contributed by atoms with van der Waals surface area (Å²) in [4.78, 5) is 0. The van der Waals surface area contributed by atoms with Gasteiger partial charge in [-0.1, -0.05) is 25.8 Å². The predicted molar refractivity (Wildman–Crippen MR) is 67.7 cm³/mol. The third-order valence-electron chi connectivity index (χ3n) is 2.86. The maximum Gasteiger partial charge on any atom is 0.250 e. The van der Waals surface area contributed by atoms with Crippen molar-refractivity contribution in [2.75, 3.05) is 0 Å². The minimum atomic E-state index is -0.321. The molecule has 0 spiro atoms. The number of hydrogen-bond donors (Lipinski definition) is 0. The number of unbranched alkanes of at least 4 members (excludes halogenated alkanes) is 2. The van der Waals surface area contributed by atoms with Gasteiger partial charge in [0.1, 0.15) is 5.82 Å². The highest BCUT2D eigenvalue weighted by atomic mass is 19.1. The van der Waals surface area contributed by atoms with Crippen LogP contribution >= 0.6 is 0 Å². The molecule has 4 heteroatoms. The Labute approximate surface area is 106 Å². The summed E-state index contributed by atoms with van der Waals surface area (Å²) in [5.74, 6) is 0.376. The van der Waals surface area contributed by atoms with Crippen LogP contribution in [-0.2, 0) is 6.42 Å². The molecule has 0 saturated heterocycles. The Morgan fingerprint density at radius 3 is 2.72 bits per heavy atom. The van der Waals surface area contributed by atoms with Gasteiger partial charge in [0.2, 0.25) is 5.89 Å². The minimum absolute atomic E-state index is 0.252. The summed E-state index contributed by atoms with van der Waals surface area (Å²) in [6.07, 6.45) is 4.43. The van der Waals surface area contributed by atoms with Crippen molar-refractivity contribution < 1.29 is 8.81 Å².